The highest BCUT2D eigenvalue weighted by Crippen LogP contribution is 2.34. The van der Waals surface area contributed by atoms with Crippen LogP contribution in [0.1, 0.15) is 100 Å². The van der Waals surface area contributed by atoms with Gasteiger partial charge < -0.3 is 21.1 Å². The predicted octanol–water partition coefficient (Wildman–Crippen LogP) is 2.23. The van der Waals surface area contributed by atoms with Crippen LogP contribution in [0, 0.1) is 5.92 Å². The molecule has 2 heterocycles. The van der Waals surface area contributed by atoms with Gasteiger partial charge in [0.15, 0.2) is 9.84 Å². The normalized spacial score (nSPS) is 22.6. The van der Waals surface area contributed by atoms with Gasteiger partial charge >= 0.3 is 0 Å². The molecule has 3 aliphatic rings. The summed E-state index contributed by atoms with van der Waals surface area (Å²) in [6, 6.07) is 3.59. The first-order chi connectivity index (χ1) is 20.4. The lowest BCUT2D eigenvalue weighted by Crippen LogP contribution is -2.53. The Bertz CT molecular complexity index is 1440. The maximum Gasteiger partial charge on any atom is 0.251 e. The van der Waals surface area contributed by atoms with Crippen molar-refractivity contribution in [2.75, 3.05) is 6.54 Å². The van der Waals surface area contributed by atoms with Gasteiger partial charge in [-0.3, -0.25) is 14.4 Å². The predicted molar refractivity (Wildman–Crippen MR) is 157 cm³/mol. The van der Waals surface area contributed by atoms with Gasteiger partial charge in [-0.25, -0.2) is 13.1 Å². The topological polar surface area (TPSA) is 178 Å². The Morgan fingerprint density at radius 2 is 1.74 bits per heavy atom. The first-order valence-corrected chi connectivity index (χ1v) is 16.8. The number of nitrogens with two attached hydrogens (primary N) is 1. The molecule has 234 valence electrons. The summed E-state index contributed by atoms with van der Waals surface area (Å²) in [6.45, 7) is 3.33. The average Bonchev–Trinajstić information content (AvgIpc) is 3.60. The molecule has 43 heavy (non-hydrogen) atoms. The second-order valence-corrected chi connectivity index (χ2v) is 15.0. The van der Waals surface area contributed by atoms with Crippen LogP contribution in [0.25, 0.3) is 0 Å². The molecular formula is C30H42N6O6S. The summed E-state index contributed by atoms with van der Waals surface area (Å²) in [7, 11) is -3.43. The Morgan fingerprint density at radius 1 is 1.07 bits per heavy atom. The Kier molecular flexibility index (Phi) is 8.94. The molecule has 4 N–H and O–H groups in total. The molecule has 12 nitrogen and oxygen atoms in total. The van der Waals surface area contributed by atoms with Crippen LogP contribution in [0.4, 0.5) is 0 Å². The Hall–Kier alpha value is -3.32. The zero-order valence-corrected chi connectivity index (χ0v) is 25.6. The average molecular weight is 615 g/mol. The lowest BCUT2D eigenvalue weighted by atomic mass is 9.84. The van der Waals surface area contributed by atoms with Gasteiger partial charge in [-0.15, -0.1) is 5.10 Å². The molecule has 2 unspecified atom stereocenters. The minimum Gasteiger partial charge on any atom is -0.384 e. The van der Waals surface area contributed by atoms with Gasteiger partial charge in [-0.1, -0.05) is 43.7 Å². The SMILES string of the molecule is CC(C)(O)c1cnnn1C1CC(C(N)=O)N(C(=O)[C@@H](CC2CCCCC2)NC(=O)c2ccc(S(=O)(=O)C3CCC3)cc2)C1. The second kappa shape index (κ2) is 12.4. The molecule has 13 heteroatoms. The molecule has 0 radical (unpaired) electrons. The number of rotatable bonds is 10. The third-order valence-corrected chi connectivity index (χ3v) is 11.5. The standard InChI is InChI=1S/C30H42N6O6S/c1-30(2,40)26-17-32-34-36(26)21-16-25(27(31)37)35(18-21)29(39)24(15-19-7-4-3-5-8-19)33-28(38)20-11-13-23(14-12-20)43(41,42)22-9-6-10-22/h11-14,17,19,21-22,24-25,40H,3-10,15-16,18H2,1-2H3,(H2,31,37)(H,33,38)/t21?,24-,25?/m1/s1. The number of hydrogen-bond acceptors (Lipinski definition) is 8. The second-order valence-electron chi connectivity index (χ2n) is 12.8. The molecule has 5 rings (SSSR count). The molecule has 2 saturated carbocycles. The first-order valence-electron chi connectivity index (χ1n) is 15.2. The summed E-state index contributed by atoms with van der Waals surface area (Å²) in [5, 5.41) is 21.2. The number of nitrogens with one attached hydrogen (secondary N) is 1. The van der Waals surface area contributed by atoms with Crippen LogP contribution in [-0.4, -0.2) is 75.0 Å². The van der Waals surface area contributed by atoms with E-state index in [-0.39, 0.29) is 34.6 Å². The number of carbonyl (C=O) groups is 3. The van der Waals surface area contributed by atoms with E-state index in [1.54, 1.807) is 13.8 Å². The minimum absolute atomic E-state index is 0.115. The fourth-order valence-corrected chi connectivity index (χ4v) is 8.40. The highest BCUT2D eigenvalue weighted by atomic mass is 32.2. The van der Waals surface area contributed by atoms with Crippen LogP contribution in [0.15, 0.2) is 35.4 Å². The van der Waals surface area contributed by atoms with Gasteiger partial charge in [0.2, 0.25) is 11.8 Å². The number of sulfone groups is 1. The van der Waals surface area contributed by atoms with E-state index in [4.69, 9.17) is 5.73 Å². The molecule has 1 saturated heterocycles. The van der Waals surface area contributed by atoms with E-state index in [9.17, 15) is 27.9 Å². The number of aliphatic hydroxyl groups is 1. The van der Waals surface area contributed by atoms with Gasteiger partial charge in [0, 0.05) is 18.5 Å². The largest absolute Gasteiger partial charge is 0.384 e. The molecule has 1 aliphatic heterocycles. The summed E-state index contributed by atoms with van der Waals surface area (Å²) >= 11 is 0. The molecule has 3 fully saturated rings. The molecule has 3 atom stereocenters. The third kappa shape index (κ3) is 6.62. The summed E-state index contributed by atoms with van der Waals surface area (Å²) in [5.74, 6) is -1.32. The zero-order chi connectivity index (χ0) is 30.9. The van der Waals surface area contributed by atoms with Crippen LogP contribution in [0.2, 0.25) is 0 Å². The fourth-order valence-electron chi connectivity index (χ4n) is 6.54. The van der Waals surface area contributed by atoms with Gasteiger partial charge in [0.1, 0.15) is 17.7 Å². The van der Waals surface area contributed by atoms with E-state index in [0.29, 0.717) is 25.0 Å². The van der Waals surface area contributed by atoms with Crippen LogP contribution in [-0.2, 0) is 25.0 Å². The van der Waals surface area contributed by atoms with Crippen molar-refractivity contribution in [3.63, 3.8) is 0 Å². The van der Waals surface area contributed by atoms with Crippen molar-refractivity contribution in [3.05, 3.63) is 41.7 Å². The van der Waals surface area contributed by atoms with Gasteiger partial charge in [-0.05, 0) is 63.3 Å². The van der Waals surface area contributed by atoms with Crippen molar-refractivity contribution in [1.29, 1.82) is 0 Å². The molecule has 0 spiro atoms. The van der Waals surface area contributed by atoms with E-state index in [1.807, 2.05) is 0 Å². The van der Waals surface area contributed by atoms with Crippen molar-refractivity contribution in [3.8, 4) is 0 Å². The van der Waals surface area contributed by atoms with E-state index in [1.165, 1.54) is 40.0 Å². The van der Waals surface area contributed by atoms with Crippen molar-refractivity contribution in [1.82, 2.24) is 25.2 Å². The molecule has 2 aliphatic carbocycles. The monoisotopic (exact) mass is 614 g/mol. The smallest absolute Gasteiger partial charge is 0.251 e. The van der Waals surface area contributed by atoms with Gasteiger partial charge in [0.05, 0.1) is 28.1 Å². The molecule has 0 bridgehead atoms. The number of hydrogen-bond donors (Lipinski definition) is 3. The van der Waals surface area contributed by atoms with Crippen LogP contribution in [0.3, 0.4) is 0 Å². The number of aromatic nitrogens is 3. The van der Waals surface area contributed by atoms with Crippen molar-refractivity contribution in [2.24, 2.45) is 11.7 Å². The van der Waals surface area contributed by atoms with Gasteiger partial charge in [-0.2, -0.15) is 0 Å². The molecule has 2 aromatic rings. The Morgan fingerprint density at radius 3 is 2.33 bits per heavy atom. The van der Waals surface area contributed by atoms with E-state index in [0.717, 1.165) is 38.5 Å². The minimum atomic E-state index is -3.43. The highest BCUT2D eigenvalue weighted by Gasteiger charge is 2.44. The van der Waals surface area contributed by atoms with Crippen molar-refractivity contribution >= 4 is 27.6 Å². The number of primary amides is 1. The molecule has 1 aromatic carbocycles. The molecular weight excluding hydrogens is 572 g/mol. The quantitative estimate of drug-likeness (QED) is 0.365. The summed E-state index contributed by atoms with van der Waals surface area (Å²) in [5.41, 5.74) is 5.22. The lowest BCUT2D eigenvalue weighted by molar-refractivity contribution is -0.139. The van der Waals surface area contributed by atoms with Gasteiger partial charge in [0.25, 0.3) is 5.91 Å². The number of nitrogens with zero attached hydrogens (tertiary/aromatic N) is 4. The summed E-state index contributed by atoms with van der Waals surface area (Å²) in [6.07, 6.45) is 9.41. The maximum absolute atomic E-state index is 14.1. The molecule has 1 aromatic heterocycles. The maximum atomic E-state index is 14.1. The summed E-state index contributed by atoms with van der Waals surface area (Å²) in [4.78, 5) is 41.7. The van der Waals surface area contributed by atoms with E-state index < -0.39 is 51.3 Å². The highest BCUT2D eigenvalue weighted by molar-refractivity contribution is 7.92. The van der Waals surface area contributed by atoms with Crippen LogP contribution in [0.5, 0.6) is 0 Å². The first kappa shape index (κ1) is 31.1. The lowest BCUT2D eigenvalue weighted by Gasteiger charge is -2.31. The molecule has 3 amide bonds. The zero-order valence-electron chi connectivity index (χ0n) is 24.8. The number of carbonyl (C=O) groups excluding carboxylic acids is 3. The number of likely N-dealkylation sites (tertiary alicyclic amines) is 1. The summed E-state index contributed by atoms with van der Waals surface area (Å²) < 4.78 is 27.1. The number of amides is 3. The van der Waals surface area contributed by atoms with Crippen LogP contribution < -0.4 is 11.1 Å². The fraction of sp³-hybridized carbons (Fsp3) is 0.633. The number of benzene rings is 1. The van der Waals surface area contributed by atoms with E-state index >= 15 is 0 Å². The Balaban J connectivity index is 1.37. The van der Waals surface area contributed by atoms with Crippen LogP contribution >= 0.6 is 0 Å². The van der Waals surface area contributed by atoms with Crippen molar-refractivity contribution < 1.29 is 27.9 Å². The van der Waals surface area contributed by atoms with Crippen molar-refractivity contribution in [2.45, 2.75) is 112 Å². The third-order valence-electron chi connectivity index (χ3n) is 9.27. The van der Waals surface area contributed by atoms with E-state index in [2.05, 4.69) is 15.6 Å². The Labute approximate surface area is 252 Å².